The van der Waals surface area contributed by atoms with E-state index in [0.717, 1.165) is 10.1 Å². The molecule has 5 heterocycles. The Balaban J connectivity index is 1.25. The Morgan fingerprint density at radius 3 is 2.58 bits per heavy atom. The molecule has 2 unspecified atom stereocenters. The quantitative estimate of drug-likeness (QED) is 0.121. The van der Waals surface area contributed by atoms with E-state index in [-0.39, 0.29) is 24.3 Å². The van der Waals surface area contributed by atoms with Crippen LogP contribution in [0.2, 0.25) is 0 Å². The van der Waals surface area contributed by atoms with Crippen LogP contribution in [-0.2, 0) is 34.2 Å². The van der Waals surface area contributed by atoms with E-state index in [2.05, 4.69) is 19.9 Å². The second kappa shape index (κ2) is 16.0. The van der Waals surface area contributed by atoms with Crippen molar-refractivity contribution in [2.45, 2.75) is 62.7 Å². The van der Waals surface area contributed by atoms with E-state index in [1.54, 1.807) is 23.7 Å². The summed E-state index contributed by atoms with van der Waals surface area (Å²) in [5.74, 6) is 1.26. The van der Waals surface area contributed by atoms with Crippen LogP contribution < -0.4 is 26.5 Å². The number of aromatic amines is 1. The van der Waals surface area contributed by atoms with E-state index in [0.29, 0.717) is 29.1 Å². The molecule has 3 aromatic heterocycles. The summed E-state index contributed by atoms with van der Waals surface area (Å²) in [6, 6.07) is 5.41. The average molecular weight is 763 g/mol. The van der Waals surface area contributed by atoms with Crippen molar-refractivity contribution in [3.05, 3.63) is 69.0 Å². The number of anilines is 1. The number of hydrogen-bond acceptors (Lipinski definition) is 16. The molecule has 0 spiro atoms. The van der Waals surface area contributed by atoms with Gasteiger partial charge in [-0.3, -0.25) is 28.0 Å². The van der Waals surface area contributed by atoms with Gasteiger partial charge >= 0.3 is 13.4 Å². The molecule has 2 aliphatic heterocycles. The molecule has 2 aliphatic rings. The molecule has 8 atom stereocenters. The number of methoxy groups -OCH3 is 3. The number of benzene rings is 1. The number of rotatable bonds is 15. The van der Waals surface area contributed by atoms with Gasteiger partial charge in [-0.2, -0.15) is 0 Å². The number of nitrogens with one attached hydrogen (secondary N) is 1. The summed E-state index contributed by atoms with van der Waals surface area (Å²) in [6.07, 6.45) is -2.73. The lowest BCUT2D eigenvalue weighted by molar-refractivity contribution is -0.0646. The Labute approximate surface area is 302 Å². The minimum atomic E-state index is -4.30. The third-order valence-electron chi connectivity index (χ3n) is 9.32. The molecule has 0 radical (unpaired) electrons. The second-order valence-electron chi connectivity index (χ2n) is 12.6. The van der Waals surface area contributed by atoms with Gasteiger partial charge in [-0.15, -0.1) is 0 Å². The SMILES string of the molecule is COc1ccc(CCN(C)P(=O)(OC[C@H]2O[C@@H](n3cc(C)c(=O)[nH]c3=O)C(OC)[C@H]2O)O[C@@H]2C[C@H](n3cnc4c(N)ncnc43)O[C@@H]2CO)cc1OC. The van der Waals surface area contributed by atoms with Crippen LogP contribution in [0.25, 0.3) is 11.2 Å². The maximum Gasteiger partial charge on any atom is 0.408 e. The van der Waals surface area contributed by atoms with Crippen LogP contribution in [0.1, 0.15) is 30.0 Å². The fourth-order valence-electron chi connectivity index (χ4n) is 6.33. The molecule has 288 valence electrons. The molecule has 0 saturated carbocycles. The Kier molecular flexibility index (Phi) is 11.6. The number of hydrogen-bond donors (Lipinski definition) is 4. The zero-order valence-electron chi connectivity index (χ0n) is 29.7. The van der Waals surface area contributed by atoms with Crippen LogP contribution in [0.3, 0.4) is 0 Å². The van der Waals surface area contributed by atoms with Gasteiger partial charge in [0.2, 0.25) is 0 Å². The smallest absolute Gasteiger partial charge is 0.408 e. The van der Waals surface area contributed by atoms with Crippen molar-refractivity contribution < 1.29 is 47.5 Å². The van der Waals surface area contributed by atoms with Crippen LogP contribution in [0.5, 0.6) is 11.5 Å². The van der Waals surface area contributed by atoms with Crippen molar-refractivity contribution in [2.24, 2.45) is 0 Å². The summed E-state index contributed by atoms with van der Waals surface area (Å²) in [6.45, 7) is 0.744. The number of ether oxygens (including phenoxy) is 5. The minimum Gasteiger partial charge on any atom is -0.493 e. The lowest BCUT2D eigenvalue weighted by Crippen LogP contribution is -2.39. The fraction of sp³-hybridized carbons (Fsp3) is 0.531. The number of aliphatic hydroxyl groups is 2. The molecule has 2 fully saturated rings. The molecule has 5 N–H and O–H groups in total. The largest absolute Gasteiger partial charge is 0.493 e. The van der Waals surface area contributed by atoms with Gasteiger partial charge in [0.15, 0.2) is 29.2 Å². The maximum absolute atomic E-state index is 14.9. The number of likely N-dealkylation sites (N-methyl/N-ethyl adjacent to an activating group) is 1. The number of imidazole rings is 1. The van der Waals surface area contributed by atoms with Crippen LogP contribution in [0, 0.1) is 6.92 Å². The van der Waals surface area contributed by atoms with Gasteiger partial charge in [0.25, 0.3) is 5.56 Å². The van der Waals surface area contributed by atoms with Gasteiger partial charge in [-0.05, 0) is 38.1 Å². The normalized spacial score (nSPS) is 25.6. The first-order chi connectivity index (χ1) is 25.4. The lowest BCUT2D eigenvalue weighted by atomic mass is 10.1. The summed E-state index contributed by atoms with van der Waals surface area (Å²) in [5, 5.41) is 21.5. The Hall–Kier alpha value is -4.24. The van der Waals surface area contributed by atoms with Crippen molar-refractivity contribution in [1.29, 1.82) is 0 Å². The van der Waals surface area contributed by atoms with E-state index in [9.17, 15) is 24.4 Å². The highest BCUT2D eigenvalue weighted by Crippen LogP contribution is 2.55. The maximum atomic E-state index is 14.9. The lowest BCUT2D eigenvalue weighted by Gasteiger charge is -2.31. The summed E-state index contributed by atoms with van der Waals surface area (Å²) in [4.78, 5) is 39.4. The Morgan fingerprint density at radius 1 is 1.09 bits per heavy atom. The predicted molar refractivity (Wildman–Crippen MR) is 186 cm³/mol. The van der Waals surface area contributed by atoms with Gasteiger partial charge in [0, 0.05) is 31.8 Å². The average Bonchev–Trinajstić information content (AvgIpc) is 3.86. The number of nitrogen functional groups attached to an aromatic ring is 1. The van der Waals surface area contributed by atoms with Gasteiger partial charge in [-0.25, -0.2) is 29.0 Å². The molecular weight excluding hydrogens is 719 g/mol. The van der Waals surface area contributed by atoms with Gasteiger partial charge in [-0.1, -0.05) is 6.07 Å². The molecule has 0 amide bonds. The van der Waals surface area contributed by atoms with E-state index in [1.165, 1.54) is 51.8 Å². The second-order valence-corrected chi connectivity index (χ2v) is 14.7. The first-order valence-corrected chi connectivity index (χ1v) is 18.1. The summed E-state index contributed by atoms with van der Waals surface area (Å²) >= 11 is 0. The first kappa shape index (κ1) is 38.5. The monoisotopic (exact) mass is 762 g/mol. The summed E-state index contributed by atoms with van der Waals surface area (Å²) in [7, 11) is 1.66. The summed E-state index contributed by atoms with van der Waals surface area (Å²) < 4.78 is 59.8. The number of nitrogens with zero attached hydrogens (tertiary/aromatic N) is 6. The number of aryl methyl sites for hydroxylation is 1. The van der Waals surface area contributed by atoms with Gasteiger partial charge in [0.05, 0.1) is 33.8 Å². The number of aliphatic hydroxyl groups excluding tert-OH is 2. The first-order valence-electron chi connectivity index (χ1n) is 16.6. The van der Waals surface area contributed by atoms with Gasteiger partial charge < -0.3 is 39.6 Å². The molecule has 21 heteroatoms. The minimum absolute atomic E-state index is 0.113. The molecule has 0 aliphatic carbocycles. The Bertz CT molecular complexity index is 2080. The highest BCUT2D eigenvalue weighted by Gasteiger charge is 2.48. The highest BCUT2D eigenvalue weighted by molar-refractivity contribution is 7.51. The number of nitrogens with two attached hydrogens (primary N) is 1. The number of aromatic nitrogens is 6. The van der Waals surface area contributed by atoms with E-state index in [1.807, 2.05) is 6.07 Å². The van der Waals surface area contributed by atoms with Crippen molar-refractivity contribution in [3.8, 4) is 11.5 Å². The fourth-order valence-corrected chi connectivity index (χ4v) is 8.00. The van der Waals surface area contributed by atoms with Crippen molar-refractivity contribution in [2.75, 3.05) is 53.9 Å². The molecule has 4 aromatic rings. The van der Waals surface area contributed by atoms with Crippen LogP contribution in [-0.4, -0.2) is 123 Å². The predicted octanol–water partition coefficient (Wildman–Crippen LogP) is 0.522. The van der Waals surface area contributed by atoms with Crippen LogP contribution in [0.4, 0.5) is 5.82 Å². The van der Waals surface area contributed by atoms with Crippen molar-refractivity contribution >= 4 is 24.7 Å². The molecule has 6 rings (SSSR count). The third kappa shape index (κ3) is 7.73. The number of fused-ring (bicyclic) bond motifs is 1. The van der Waals surface area contributed by atoms with Crippen molar-refractivity contribution in [1.82, 2.24) is 33.7 Å². The zero-order chi connectivity index (χ0) is 38.0. The molecule has 1 aromatic carbocycles. The summed E-state index contributed by atoms with van der Waals surface area (Å²) in [5.41, 5.74) is 6.48. The van der Waals surface area contributed by atoms with E-state index >= 15 is 0 Å². The highest BCUT2D eigenvalue weighted by atomic mass is 31.2. The zero-order valence-corrected chi connectivity index (χ0v) is 30.6. The molecule has 0 bridgehead atoms. The molecule has 53 heavy (non-hydrogen) atoms. The standard InChI is InChI=1S/C32H43N8O12P/c1-17-12-39(32(44)37-30(17)43)31-27(48-5)26(42)23(51-31)14-49-53(45,38(2)9-8-18-6-7-19(46-3)20(10-18)47-4)52-21-11-24(50-22(21)13-41)40-16-36-25-28(33)34-15-35-29(25)40/h6-7,10,12,15-16,21-24,26-27,31,41-42H,8-9,11,13-14H2,1-5H3,(H2,33,34,35)(H,37,43,44)/t21-,22-,23-,24-,26+,27?,31-,53?/m1/s1. The van der Waals surface area contributed by atoms with Crippen LogP contribution >= 0.6 is 7.75 Å². The van der Waals surface area contributed by atoms with Crippen molar-refractivity contribution in [3.63, 3.8) is 0 Å². The molecule has 2 saturated heterocycles. The topological polar surface area (TPSA) is 250 Å². The van der Waals surface area contributed by atoms with Crippen LogP contribution in [0.15, 0.2) is 46.6 Å². The molecule has 20 nitrogen and oxygen atoms in total. The Morgan fingerprint density at radius 2 is 1.87 bits per heavy atom. The van der Waals surface area contributed by atoms with Gasteiger partial charge in [0.1, 0.15) is 48.6 Å². The molecular formula is C32H43N8O12P. The number of H-pyrrole nitrogens is 1. The third-order valence-corrected chi connectivity index (χ3v) is 11.4. The van der Waals surface area contributed by atoms with E-state index in [4.69, 9.17) is 38.5 Å². The van der Waals surface area contributed by atoms with E-state index < -0.39 is 75.2 Å².